The molecule has 3 heteroatoms. The smallest absolute Gasteiger partial charge is 0.0424 e. The van der Waals surface area contributed by atoms with Gasteiger partial charge < -0.3 is 5.73 Å². The van der Waals surface area contributed by atoms with E-state index >= 15 is 0 Å². The molecule has 0 spiro atoms. The molecule has 66 valence electrons. The summed E-state index contributed by atoms with van der Waals surface area (Å²) in [7, 11) is 0. The van der Waals surface area contributed by atoms with Crippen molar-refractivity contribution in [3.05, 3.63) is 33.8 Å². The highest BCUT2D eigenvalue weighted by Crippen LogP contribution is 2.25. The van der Waals surface area contributed by atoms with Crippen LogP contribution in [-0.2, 0) is 5.54 Å². The summed E-state index contributed by atoms with van der Waals surface area (Å²) in [6.07, 6.45) is 0. The Balaban J connectivity index is 3.18. The second kappa shape index (κ2) is 3.25. The fourth-order valence-corrected chi connectivity index (χ4v) is 1.45. The van der Waals surface area contributed by atoms with Crippen LogP contribution in [0.3, 0.4) is 0 Å². The first-order valence-electron chi connectivity index (χ1n) is 3.65. The largest absolute Gasteiger partial charge is 0.322 e. The van der Waals surface area contributed by atoms with Gasteiger partial charge >= 0.3 is 0 Å². The molecular weight excluding hydrogens is 193 g/mol. The Hall–Kier alpha value is -0.240. The molecule has 0 heterocycles. The van der Waals surface area contributed by atoms with E-state index in [0.29, 0.717) is 10.0 Å². The van der Waals surface area contributed by atoms with Crippen LogP contribution in [-0.4, -0.2) is 0 Å². The van der Waals surface area contributed by atoms with Crippen LogP contribution in [0.1, 0.15) is 19.4 Å². The van der Waals surface area contributed by atoms with Crippen LogP contribution in [0.15, 0.2) is 18.2 Å². The fraction of sp³-hybridized carbons (Fsp3) is 0.333. The number of hydrogen-bond donors (Lipinski definition) is 1. The van der Waals surface area contributed by atoms with Gasteiger partial charge in [0.25, 0.3) is 0 Å². The Morgan fingerprint density at radius 1 is 1.08 bits per heavy atom. The van der Waals surface area contributed by atoms with Crippen LogP contribution in [0, 0.1) is 0 Å². The number of rotatable bonds is 1. The fourth-order valence-electron chi connectivity index (χ4n) is 0.926. The van der Waals surface area contributed by atoms with Gasteiger partial charge in [-0.3, -0.25) is 0 Å². The quantitative estimate of drug-likeness (QED) is 0.746. The van der Waals surface area contributed by atoms with Crippen LogP contribution in [0.5, 0.6) is 0 Å². The van der Waals surface area contributed by atoms with E-state index in [9.17, 15) is 0 Å². The molecule has 0 bridgehead atoms. The zero-order valence-electron chi connectivity index (χ0n) is 7.07. The molecule has 1 nitrogen and oxygen atoms in total. The standard InChI is InChI=1S/C9H11Cl2N/c1-9(2,12)6-3-7(10)5-8(11)4-6/h3-5H,12H2,1-2H3. The topological polar surface area (TPSA) is 26.0 Å². The van der Waals surface area contributed by atoms with Crippen LogP contribution in [0.2, 0.25) is 10.0 Å². The van der Waals surface area contributed by atoms with Gasteiger partial charge in [-0.25, -0.2) is 0 Å². The predicted octanol–water partition coefficient (Wildman–Crippen LogP) is 3.19. The molecule has 0 aliphatic rings. The molecule has 0 aromatic heterocycles. The maximum Gasteiger partial charge on any atom is 0.0424 e. The number of halogens is 2. The minimum Gasteiger partial charge on any atom is -0.322 e. The van der Waals surface area contributed by atoms with Gasteiger partial charge in [-0.15, -0.1) is 0 Å². The Morgan fingerprint density at radius 3 is 1.83 bits per heavy atom. The summed E-state index contributed by atoms with van der Waals surface area (Å²) >= 11 is 11.6. The van der Waals surface area contributed by atoms with E-state index < -0.39 is 5.54 Å². The summed E-state index contributed by atoms with van der Waals surface area (Å²) < 4.78 is 0. The SMILES string of the molecule is CC(C)(N)c1cc(Cl)cc(Cl)c1. The summed E-state index contributed by atoms with van der Waals surface area (Å²) in [5, 5.41) is 1.24. The van der Waals surface area contributed by atoms with E-state index in [2.05, 4.69) is 0 Å². The van der Waals surface area contributed by atoms with Crippen LogP contribution in [0.25, 0.3) is 0 Å². The molecule has 12 heavy (non-hydrogen) atoms. The molecule has 1 aromatic carbocycles. The lowest BCUT2D eigenvalue weighted by Crippen LogP contribution is -2.28. The first-order chi connectivity index (χ1) is 5.39. The summed E-state index contributed by atoms with van der Waals surface area (Å²) in [5.41, 5.74) is 6.43. The van der Waals surface area contributed by atoms with Crippen molar-refractivity contribution < 1.29 is 0 Å². The first-order valence-corrected chi connectivity index (χ1v) is 4.40. The minimum atomic E-state index is -0.394. The highest BCUT2D eigenvalue weighted by molar-refractivity contribution is 6.34. The van der Waals surface area contributed by atoms with Crippen molar-refractivity contribution >= 4 is 23.2 Å². The Kier molecular flexibility index (Phi) is 2.67. The molecule has 1 aromatic rings. The zero-order valence-corrected chi connectivity index (χ0v) is 8.58. The highest BCUT2D eigenvalue weighted by Gasteiger charge is 2.14. The van der Waals surface area contributed by atoms with Gasteiger partial charge in [0.2, 0.25) is 0 Å². The van der Waals surface area contributed by atoms with Gasteiger partial charge in [-0.05, 0) is 37.6 Å². The lowest BCUT2D eigenvalue weighted by molar-refractivity contribution is 0.554. The number of hydrogen-bond acceptors (Lipinski definition) is 1. The second-order valence-corrected chi connectivity index (χ2v) is 4.25. The molecular formula is C9H11Cl2N. The molecule has 0 atom stereocenters. The van der Waals surface area contributed by atoms with E-state index in [0.717, 1.165) is 5.56 Å². The number of nitrogens with two attached hydrogens (primary N) is 1. The highest BCUT2D eigenvalue weighted by atomic mass is 35.5. The summed E-state index contributed by atoms with van der Waals surface area (Å²) in [5.74, 6) is 0. The van der Waals surface area contributed by atoms with Gasteiger partial charge in [0.15, 0.2) is 0 Å². The Labute approximate surface area is 82.5 Å². The lowest BCUT2D eigenvalue weighted by atomic mass is 9.96. The van der Waals surface area contributed by atoms with Gasteiger partial charge in [0, 0.05) is 15.6 Å². The third kappa shape index (κ3) is 2.37. The second-order valence-electron chi connectivity index (χ2n) is 3.38. The van der Waals surface area contributed by atoms with Crippen molar-refractivity contribution in [2.24, 2.45) is 5.73 Å². The molecule has 0 saturated heterocycles. The van der Waals surface area contributed by atoms with E-state index in [1.165, 1.54) is 0 Å². The maximum atomic E-state index is 5.88. The Morgan fingerprint density at radius 2 is 1.50 bits per heavy atom. The van der Waals surface area contributed by atoms with Crippen molar-refractivity contribution in [2.45, 2.75) is 19.4 Å². The van der Waals surface area contributed by atoms with Gasteiger partial charge in [-0.2, -0.15) is 0 Å². The van der Waals surface area contributed by atoms with E-state index in [-0.39, 0.29) is 0 Å². The minimum absolute atomic E-state index is 0.394. The molecule has 0 amide bonds. The van der Waals surface area contributed by atoms with Crippen LogP contribution < -0.4 is 5.73 Å². The summed E-state index contributed by atoms with van der Waals surface area (Å²) in [4.78, 5) is 0. The lowest BCUT2D eigenvalue weighted by Gasteiger charge is -2.19. The van der Waals surface area contributed by atoms with Crippen molar-refractivity contribution in [1.82, 2.24) is 0 Å². The molecule has 0 saturated carbocycles. The van der Waals surface area contributed by atoms with Crippen LogP contribution in [0.4, 0.5) is 0 Å². The van der Waals surface area contributed by atoms with Crippen LogP contribution >= 0.6 is 23.2 Å². The molecule has 0 aliphatic heterocycles. The zero-order chi connectivity index (χ0) is 9.35. The number of benzene rings is 1. The third-order valence-corrected chi connectivity index (χ3v) is 2.04. The molecule has 2 N–H and O–H groups in total. The third-order valence-electron chi connectivity index (χ3n) is 1.61. The van der Waals surface area contributed by atoms with E-state index in [1.807, 2.05) is 26.0 Å². The Bertz CT molecular complexity index is 269. The molecule has 0 aliphatic carbocycles. The van der Waals surface area contributed by atoms with Crippen molar-refractivity contribution in [2.75, 3.05) is 0 Å². The molecule has 0 fully saturated rings. The van der Waals surface area contributed by atoms with Gasteiger partial charge in [0.05, 0.1) is 0 Å². The average Bonchev–Trinajstić information content (AvgIpc) is 1.82. The normalized spacial score (nSPS) is 11.8. The first kappa shape index (κ1) is 9.85. The van der Waals surface area contributed by atoms with Crippen molar-refractivity contribution in [1.29, 1.82) is 0 Å². The van der Waals surface area contributed by atoms with Crippen molar-refractivity contribution in [3.63, 3.8) is 0 Å². The maximum absolute atomic E-state index is 5.88. The van der Waals surface area contributed by atoms with Gasteiger partial charge in [-0.1, -0.05) is 23.2 Å². The summed E-state index contributed by atoms with van der Waals surface area (Å²) in [6, 6.07) is 5.35. The van der Waals surface area contributed by atoms with E-state index in [1.54, 1.807) is 6.07 Å². The summed E-state index contributed by atoms with van der Waals surface area (Å²) in [6.45, 7) is 3.82. The molecule has 0 radical (unpaired) electrons. The monoisotopic (exact) mass is 203 g/mol. The van der Waals surface area contributed by atoms with Crippen molar-refractivity contribution in [3.8, 4) is 0 Å². The predicted molar refractivity (Wildman–Crippen MR) is 53.7 cm³/mol. The average molecular weight is 204 g/mol. The molecule has 1 rings (SSSR count). The molecule has 0 unspecified atom stereocenters. The van der Waals surface area contributed by atoms with Gasteiger partial charge in [0.1, 0.15) is 0 Å². The van der Waals surface area contributed by atoms with E-state index in [4.69, 9.17) is 28.9 Å².